The fourth-order valence-corrected chi connectivity index (χ4v) is 2.26. The Morgan fingerprint density at radius 3 is 2.65 bits per heavy atom. The minimum Gasteiger partial charge on any atom is -0.486 e. The van der Waals surface area contributed by atoms with Crippen molar-refractivity contribution in [2.45, 2.75) is 26.7 Å². The Labute approximate surface area is 113 Å². The van der Waals surface area contributed by atoms with Gasteiger partial charge >= 0.3 is 0 Å². The first-order chi connectivity index (χ1) is 8.15. The van der Waals surface area contributed by atoms with Gasteiger partial charge in [-0.1, -0.05) is 36.5 Å². The van der Waals surface area contributed by atoms with Gasteiger partial charge in [-0.05, 0) is 31.0 Å². The molecule has 96 valence electrons. The molecule has 0 spiro atoms. The molecule has 0 heterocycles. The van der Waals surface area contributed by atoms with Gasteiger partial charge in [-0.25, -0.2) is 0 Å². The summed E-state index contributed by atoms with van der Waals surface area (Å²) in [5, 5.41) is 3.50. The number of unbranched alkanes of at least 4 members (excludes halogenated alkanes) is 1. The highest BCUT2D eigenvalue weighted by molar-refractivity contribution is 6.35. The number of nitrogens with two attached hydrogens (primary N) is 1. The lowest BCUT2D eigenvalue weighted by Gasteiger charge is -2.10. The average Bonchev–Trinajstić information content (AvgIpc) is 2.26. The first-order valence-corrected chi connectivity index (χ1v) is 6.80. The molecular formula is C13H20Cl2NO+. The number of benzene rings is 1. The van der Waals surface area contributed by atoms with Gasteiger partial charge in [0.1, 0.15) is 18.9 Å². The zero-order valence-corrected chi connectivity index (χ0v) is 11.9. The van der Waals surface area contributed by atoms with E-state index >= 15 is 0 Å². The Kier molecular flexibility index (Phi) is 6.71. The van der Waals surface area contributed by atoms with Crippen molar-refractivity contribution in [3.05, 3.63) is 27.7 Å². The smallest absolute Gasteiger partial charge is 0.141 e. The molecule has 0 radical (unpaired) electrons. The summed E-state index contributed by atoms with van der Waals surface area (Å²) in [5.41, 5.74) is 0.982. The topological polar surface area (TPSA) is 25.8 Å². The molecule has 2 nitrogen and oxygen atoms in total. The summed E-state index contributed by atoms with van der Waals surface area (Å²) in [4.78, 5) is 0. The SMILES string of the molecule is CCCC[NH2+]CCOc1c(C)cc(Cl)cc1Cl. The van der Waals surface area contributed by atoms with Crippen LogP contribution in [-0.2, 0) is 0 Å². The number of hydrogen-bond acceptors (Lipinski definition) is 1. The Balaban J connectivity index is 2.36. The van der Waals surface area contributed by atoms with Crippen LogP contribution in [0.2, 0.25) is 10.0 Å². The van der Waals surface area contributed by atoms with E-state index in [-0.39, 0.29) is 0 Å². The van der Waals surface area contributed by atoms with E-state index in [0.29, 0.717) is 16.7 Å². The predicted molar refractivity (Wildman–Crippen MR) is 73.3 cm³/mol. The Hall–Kier alpha value is -0.440. The first kappa shape index (κ1) is 14.6. The third kappa shape index (κ3) is 5.15. The number of halogens is 2. The molecule has 0 amide bonds. The fourth-order valence-electron chi connectivity index (χ4n) is 1.61. The summed E-state index contributed by atoms with van der Waals surface area (Å²) in [6, 6.07) is 3.58. The number of hydrogen-bond donors (Lipinski definition) is 1. The molecule has 0 bridgehead atoms. The third-order valence-corrected chi connectivity index (χ3v) is 3.02. The van der Waals surface area contributed by atoms with Crippen molar-refractivity contribution < 1.29 is 10.1 Å². The molecule has 0 aliphatic carbocycles. The maximum atomic E-state index is 6.08. The van der Waals surface area contributed by atoms with Crippen molar-refractivity contribution in [2.75, 3.05) is 19.7 Å². The van der Waals surface area contributed by atoms with Crippen LogP contribution in [0.25, 0.3) is 0 Å². The second-order valence-corrected chi connectivity index (χ2v) is 4.95. The van der Waals surface area contributed by atoms with E-state index in [9.17, 15) is 0 Å². The van der Waals surface area contributed by atoms with Crippen LogP contribution in [0.1, 0.15) is 25.3 Å². The molecule has 0 saturated carbocycles. The minimum absolute atomic E-state index is 0.587. The summed E-state index contributed by atoms with van der Waals surface area (Å²) >= 11 is 12.0. The van der Waals surface area contributed by atoms with Crippen LogP contribution in [-0.4, -0.2) is 19.7 Å². The van der Waals surface area contributed by atoms with Crippen molar-refractivity contribution in [3.63, 3.8) is 0 Å². The molecule has 0 atom stereocenters. The van der Waals surface area contributed by atoms with Crippen LogP contribution in [0.3, 0.4) is 0 Å². The van der Waals surface area contributed by atoms with Gasteiger partial charge < -0.3 is 10.1 Å². The summed E-state index contributed by atoms with van der Waals surface area (Å²) < 4.78 is 5.68. The van der Waals surface area contributed by atoms with Gasteiger partial charge in [0.15, 0.2) is 0 Å². The van der Waals surface area contributed by atoms with E-state index in [1.54, 1.807) is 6.07 Å². The maximum Gasteiger partial charge on any atom is 0.141 e. The molecule has 1 aromatic rings. The minimum atomic E-state index is 0.587. The van der Waals surface area contributed by atoms with Gasteiger partial charge in [-0.15, -0.1) is 0 Å². The molecular weight excluding hydrogens is 257 g/mol. The highest BCUT2D eigenvalue weighted by Gasteiger charge is 2.07. The maximum absolute atomic E-state index is 6.08. The van der Waals surface area contributed by atoms with Gasteiger partial charge in [0, 0.05) is 5.02 Å². The highest BCUT2D eigenvalue weighted by atomic mass is 35.5. The molecule has 0 saturated heterocycles. The second-order valence-electron chi connectivity index (χ2n) is 4.10. The average molecular weight is 277 g/mol. The van der Waals surface area contributed by atoms with Gasteiger partial charge in [-0.3, -0.25) is 0 Å². The molecule has 2 N–H and O–H groups in total. The van der Waals surface area contributed by atoms with E-state index in [2.05, 4.69) is 12.2 Å². The normalized spacial score (nSPS) is 10.6. The van der Waals surface area contributed by atoms with Gasteiger partial charge in [0.25, 0.3) is 0 Å². The van der Waals surface area contributed by atoms with E-state index in [1.165, 1.54) is 12.8 Å². The summed E-state index contributed by atoms with van der Waals surface area (Å²) in [5.74, 6) is 0.750. The first-order valence-electron chi connectivity index (χ1n) is 6.05. The molecule has 0 fully saturated rings. The number of aryl methyl sites for hydroxylation is 1. The fraction of sp³-hybridized carbons (Fsp3) is 0.538. The monoisotopic (exact) mass is 276 g/mol. The molecule has 17 heavy (non-hydrogen) atoms. The lowest BCUT2D eigenvalue weighted by molar-refractivity contribution is -0.655. The highest BCUT2D eigenvalue weighted by Crippen LogP contribution is 2.31. The Morgan fingerprint density at radius 1 is 1.24 bits per heavy atom. The molecule has 1 aromatic carbocycles. The number of quaternary nitrogens is 1. The quantitative estimate of drug-likeness (QED) is 0.762. The predicted octanol–water partition coefficient (Wildman–Crippen LogP) is 3.04. The third-order valence-electron chi connectivity index (χ3n) is 2.52. The van der Waals surface area contributed by atoms with Gasteiger partial charge in [0.2, 0.25) is 0 Å². The number of rotatable bonds is 7. The number of ether oxygens (including phenoxy) is 1. The van der Waals surface area contributed by atoms with Crippen LogP contribution in [0.15, 0.2) is 12.1 Å². The van der Waals surface area contributed by atoms with Crippen LogP contribution >= 0.6 is 23.2 Å². The van der Waals surface area contributed by atoms with Crippen LogP contribution in [0.5, 0.6) is 5.75 Å². The van der Waals surface area contributed by atoms with Crippen molar-refractivity contribution in [3.8, 4) is 5.75 Å². The van der Waals surface area contributed by atoms with Crippen LogP contribution < -0.4 is 10.1 Å². The second kappa shape index (κ2) is 7.80. The Bertz CT molecular complexity index is 332. The summed E-state index contributed by atoms with van der Waals surface area (Å²) in [6.45, 7) is 6.94. The largest absolute Gasteiger partial charge is 0.486 e. The zero-order valence-electron chi connectivity index (χ0n) is 10.4. The molecule has 0 aromatic heterocycles. The van der Waals surface area contributed by atoms with E-state index in [1.807, 2.05) is 13.0 Å². The van der Waals surface area contributed by atoms with Gasteiger partial charge in [-0.2, -0.15) is 0 Å². The summed E-state index contributed by atoms with van der Waals surface area (Å²) in [6.07, 6.45) is 2.49. The Morgan fingerprint density at radius 2 is 2.00 bits per heavy atom. The molecule has 0 unspecified atom stereocenters. The zero-order chi connectivity index (χ0) is 12.7. The van der Waals surface area contributed by atoms with Crippen LogP contribution in [0.4, 0.5) is 0 Å². The lowest BCUT2D eigenvalue weighted by Crippen LogP contribution is -2.85. The van der Waals surface area contributed by atoms with Crippen molar-refractivity contribution in [1.82, 2.24) is 0 Å². The van der Waals surface area contributed by atoms with E-state index in [4.69, 9.17) is 27.9 Å². The van der Waals surface area contributed by atoms with Crippen molar-refractivity contribution in [2.24, 2.45) is 0 Å². The van der Waals surface area contributed by atoms with Crippen molar-refractivity contribution >= 4 is 23.2 Å². The molecule has 0 aliphatic heterocycles. The van der Waals surface area contributed by atoms with Crippen molar-refractivity contribution in [1.29, 1.82) is 0 Å². The standard InChI is InChI=1S/C13H19Cl2NO/c1-3-4-5-16-6-7-17-13-10(2)8-11(14)9-12(13)15/h8-9,16H,3-7H2,1-2H3/p+1. The van der Waals surface area contributed by atoms with E-state index < -0.39 is 0 Å². The molecule has 4 heteroatoms. The molecule has 1 rings (SSSR count). The lowest BCUT2D eigenvalue weighted by atomic mass is 10.2. The van der Waals surface area contributed by atoms with Crippen LogP contribution in [0, 0.1) is 6.92 Å². The summed E-state index contributed by atoms with van der Waals surface area (Å²) in [7, 11) is 0. The molecule has 0 aliphatic rings. The van der Waals surface area contributed by atoms with Gasteiger partial charge in [0.05, 0.1) is 11.6 Å². The van der Waals surface area contributed by atoms with E-state index in [0.717, 1.165) is 24.4 Å².